The molecule has 1 fully saturated rings. The van der Waals surface area contributed by atoms with E-state index in [-0.39, 0.29) is 54.8 Å². The predicted molar refractivity (Wildman–Crippen MR) is 150 cm³/mol. The van der Waals surface area contributed by atoms with E-state index in [2.05, 4.69) is 11.2 Å². The van der Waals surface area contributed by atoms with E-state index in [1.165, 1.54) is 19.2 Å². The number of ether oxygens (including phenoxy) is 3. The Morgan fingerprint density at radius 3 is 2.45 bits per heavy atom. The van der Waals surface area contributed by atoms with Crippen LogP contribution in [0, 0.1) is 12.3 Å². The molecule has 2 aromatic carbocycles. The molecule has 1 aliphatic heterocycles. The third-order valence-corrected chi connectivity index (χ3v) is 9.08. The van der Waals surface area contributed by atoms with Gasteiger partial charge in [-0.1, -0.05) is 30.9 Å². The molecule has 2 aromatic rings. The number of nitrogens with zero attached hydrogens (tertiary/aromatic N) is 1. The van der Waals surface area contributed by atoms with Crippen LogP contribution in [0.5, 0.6) is 5.75 Å². The largest absolute Gasteiger partial charge is 0.497 e. The zero-order valence-electron chi connectivity index (χ0n) is 22.6. The SMILES string of the molecule is C#Cc1ccc([C@@H]2C=C(C(=O)NC3CCCC3)O[C@H](OCCN(CCO)S(=O)(=O)c3ccc(OC)cc3)C2)cc1. The van der Waals surface area contributed by atoms with Crippen LogP contribution in [-0.2, 0) is 24.3 Å². The van der Waals surface area contributed by atoms with Gasteiger partial charge in [-0.05, 0) is 60.9 Å². The second-order valence-corrected chi connectivity index (χ2v) is 11.8. The van der Waals surface area contributed by atoms with Crippen LogP contribution in [0.15, 0.2) is 65.3 Å². The van der Waals surface area contributed by atoms with Crippen molar-refractivity contribution in [1.29, 1.82) is 0 Å². The van der Waals surface area contributed by atoms with Crippen molar-refractivity contribution in [3.8, 4) is 18.1 Å². The molecular weight excluding hydrogens is 532 g/mol. The number of hydrogen-bond acceptors (Lipinski definition) is 7. The Balaban J connectivity index is 1.45. The van der Waals surface area contributed by atoms with Gasteiger partial charge < -0.3 is 24.6 Å². The summed E-state index contributed by atoms with van der Waals surface area (Å²) in [6.07, 6.45) is 11.0. The van der Waals surface area contributed by atoms with Crippen LogP contribution >= 0.6 is 0 Å². The number of aliphatic hydroxyl groups excluding tert-OH is 1. The molecule has 1 aliphatic carbocycles. The summed E-state index contributed by atoms with van der Waals surface area (Å²) in [6, 6.07) is 13.7. The van der Waals surface area contributed by atoms with Gasteiger partial charge in [0, 0.05) is 37.0 Å². The molecule has 0 aromatic heterocycles. The number of nitrogens with one attached hydrogen (secondary N) is 1. The number of hydrogen-bond donors (Lipinski definition) is 2. The first kappa shape index (κ1) is 29.6. The monoisotopic (exact) mass is 568 g/mol. The van der Waals surface area contributed by atoms with E-state index in [0.29, 0.717) is 12.2 Å². The van der Waals surface area contributed by atoms with Gasteiger partial charge in [-0.15, -0.1) is 6.42 Å². The van der Waals surface area contributed by atoms with Crippen LogP contribution in [0.25, 0.3) is 0 Å². The van der Waals surface area contributed by atoms with Gasteiger partial charge in [-0.3, -0.25) is 4.79 Å². The lowest BCUT2D eigenvalue weighted by Gasteiger charge is -2.30. The van der Waals surface area contributed by atoms with Crippen molar-refractivity contribution in [2.75, 3.05) is 33.4 Å². The number of terminal acetylenes is 1. The highest BCUT2D eigenvalue weighted by Crippen LogP contribution is 2.32. The van der Waals surface area contributed by atoms with E-state index in [9.17, 15) is 18.3 Å². The first-order chi connectivity index (χ1) is 19.3. The molecule has 214 valence electrons. The third kappa shape index (κ3) is 7.43. The number of rotatable bonds is 12. The van der Waals surface area contributed by atoms with Gasteiger partial charge in [0.15, 0.2) is 5.76 Å². The minimum atomic E-state index is -3.88. The lowest BCUT2D eigenvalue weighted by Crippen LogP contribution is -2.39. The van der Waals surface area contributed by atoms with Crippen molar-refractivity contribution in [2.45, 2.75) is 55.2 Å². The molecule has 9 nitrogen and oxygen atoms in total. The molecular formula is C30H36N2O7S. The van der Waals surface area contributed by atoms with E-state index < -0.39 is 16.3 Å². The molecule has 0 unspecified atom stereocenters. The summed E-state index contributed by atoms with van der Waals surface area (Å²) >= 11 is 0. The maximum Gasteiger partial charge on any atom is 0.286 e. The van der Waals surface area contributed by atoms with Gasteiger partial charge in [0.1, 0.15) is 5.75 Å². The van der Waals surface area contributed by atoms with Crippen LogP contribution in [0.4, 0.5) is 0 Å². The number of aliphatic hydroxyl groups is 1. The number of amides is 1. The van der Waals surface area contributed by atoms with Crippen LogP contribution in [0.2, 0.25) is 0 Å². The van der Waals surface area contributed by atoms with Crippen molar-refractivity contribution in [1.82, 2.24) is 9.62 Å². The fourth-order valence-corrected chi connectivity index (χ4v) is 6.37. The van der Waals surface area contributed by atoms with Crippen LogP contribution in [-0.4, -0.2) is 69.5 Å². The van der Waals surface area contributed by atoms with Crippen molar-refractivity contribution in [3.63, 3.8) is 0 Å². The van der Waals surface area contributed by atoms with Crippen molar-refractivity contribution < 1.29 is 32.5 Å². The molecule has 1 saturated carbocycles. The van der Waals surface area contributed by atoms with Crippen molar-refractivity contribution in [2.24, 2.45) is 0 Å². The molecule has 4 rings (SSSR count). The zero-order chi connectivity index (χ0) is 28.5. The summed E-state index contributed by atoms with van der Waals surface area (Å²) < 4.78 is 44.6. The molecule has 1 heterocycles. The average Bonchev–Trinajstić information content (AvgIpc) is 3.49. The molecule has 10 heteroatoms. The highest BCUT2D eigenvalue weighted by Gasteiger charge is 2.31. The number of carbonyl (C=O) groups excluding carboxylic acids is 1. The predicted octanol–water partition coefficient (Wildman–Crippen LogP) is 3.15. The topological polar surface area (TPSA) is 114 Å². The van der Waals surface area contributed by atoms with Crippen molar-refractivity contribution >= 4 is 15.9 Å². The van der Waals surface area contributed by atoms with Gasteiger partial charge >= 0.3 is 0 Å². The van der Waals surface area contributed by atoms with Crippen molar-refractivity contribution in [3.05, 3.63) is 71.5 Å². The molecule has 40 heavy (non-hydrogen) atoms. The molecule has 0 bridgehead atoms. The molecule has 0 saturated heterocycles. The molecule has 0 radical (unpaired) electrons. The summed E-state index contributed by atoms with van der Waals surface area (Å²) in [4.78, 5) is 13.2. The van der Waals surface area contributed by atoms with E-state index in [1.807, 2.05) is 24.3 Å². The first-order valence-corrected chi connectivity index (χ1v) is 14.9. The maximum absolute atomic E-state index is 13.2. The Bertz CT molecular complexity index is 1310. The second kappa shape index (κ2) is 13.8. The van der Waals surface area contributed by atoms with E-state index in [1.54, 1.807) is 18.2 Å². The minimum Gasteiger partial charge on any atom is -0.497 e. The van der Waals surface area contributed by atoms with Gasteiger partial charge in [0.2, 0.25) is 16.3 Å². The van der Waals surface area contributed by atoms with Gasteiger partial charge in [0.05, 0.1) is 25.2 Å². The number of allylic oxidation sites excluding steroid dienone is 1. The number of benzene rings is 2. The lowest BCUT2D eigenvalue weighted by molar-refractivity contribution is -0.146. The fourth-order valence-electron chi connectivity index (χ4n) is 4.95. The highest BCUT2D eigenvalue weighted by molar-refractivity contribution is 7.89. The van der Waals surface area contributed by atoms with E-state index in [0.717, 1.165) is 41.1 Å². The Labute approximate surface area is 236 Å². The normalized spacial score (nSPS) is 19.5. The summed E-state index contributed by atoms with van der Waals surface area (Å²) in [5.41, 5.74) is 1.72. The summed E-state index contributed by atoms with van der Waals surface area (Å²) in [5, 5.41) is 12.6. The van der Waals surface area contributed by atoms with E-state index >= 15 is 0 Å². The number of sulfonamides is 1. The number of methoxy groups -OCH3 is 1. The summed E-state index contributed by atoms with van der Waals surface area (Å²) in [5.74, 6) is 2.89. The Kier molecular flexibility index (Phi) is 10.2. The maximum atomic E-state index is 13.2. The molecule has 1 amide bonds. The van der Waals surface area contributed by atoms with Crippen LogP contribution in [0.1, 0.15) is 49.1 Å². The van der Waals surface area contributed by atoms with Gasteiger partial charge in [0.25, 0.3) is 5.91 Å². The third-order valence-electron chi connectivity index (χ3n) is 7.17. The molecule has 0 spiro atoms. The molecule has 2 aliphatic rings. The quantitative estimate of drug-likeness (QED) is 0.378. The summed E-state index contributed by atoms with van der Waals surface area (Å²) in [7, 11) is -2.38. The second-order valence-electron chi connectivity index (χ2n) is 9.82. The van der Waals surface area contributed by atoms with E-state index in [4.69, 9.17) is 20.6 Å². The zero-order valence-corrected chi connectivity index (χ0v) is 23.4. The van der Waals surface area contributed by atoms with Gasteiger partial charge in [-0.2, -0.15) is 4.31 Å². The molecule has 2 atom stereocenters. The summed E-state index contributed by atoms with van der Waals surface area (Å²) in [6.45, 7) is -0.453. The Morgan fingerprint density at radius 1 is 1.12 bits per heavy atom. The minimum absolute atomic E-state index is 0.000324. The van der Waals surface area contributed by atoms with Gasteiger partial charge in [-0.25, -0.2) is 8.42 Å². The standard InChI is InChI=1S/C30H36N2O7S/c1-3-22-8-10-23(11-9-22)24-20-28(30(34)31-25-6-4-5-7-25)39-29(21-24)38-19-17-32(16-18-33)40(35,36)27-14-12-26(37-2)13-15-27/h1,8-15,20,24-25,29,33H,4-7,16-19,21H2,2H3,(H,31,34)/t24-,29+/m1/s1. The Morgan fingerprint density at radius 2 is 1.82 bits per heavy atom. The Hall–Kier alpha value is -3.36. The van der Waals surface area contributed by atoms with Crippen LogP contribution in [0.3, 0.4) is 0 Å². The fraction of sp³-hybridized carbons (Fsp3) is 0.433. The highest BCUT2D eigenvalue weighted by atomic mass is 32.2. The molecule has 2 N–H and O–H groups in total. The smallest absolute Gasteiger partial charge is 0.286 e. The number of carbonyl (C=O) groups is 1. The average molecular weight is 569 g/mol. The van der Waals surface area contributed by atoms with Crippen LogP contribution < -0.4 is 10.1 Å². The lowest BCUT2D eigenvalue weighted by atomic mass is 9.92. The first-order valence-electron chi connectivity index (χ1n) is 13.5.